The Kier molecular flexibility index (Phi) is 6.52. The number of carboxylic acid groups (broad SMARTS) is 1. The number of hydrogen-bond donors (Lipinski definition) is 1. The van der Waals surface area contributed by atoms with Crippen LogP contribution in [-0.2, 0) is 14.3 Å². The number of carbonyl (C=O) groups is 3. The standard InChI is InChI=1S/C14H13Cl2NO5/c1-3-22-14(21)10(7(2)18)6-17-11-5-8(15)4-9(12(11)16)13(19)20/h4-6,10H,3H2,1-2H3,(H,19,20). The lowest BCUT2D eigenvalue weighted by Crippen LogP contribution is -2.25. The number of nitrogens with zero attached hydrogens (tertiary/aromatic N) is 1. The summed E-state index contributed by atoms with van der Waals surface area (Å²) in [6, 6.07) is 2.51. The number of hydrogen-bond acceptors (Lipinski definition) is 5. The lowest BCUT2D eigenvalue weighted by molar-refractivity contribution is -0.148. The summed E-state index contributed by atoms with van der Waals surface area (Å²) >= 11 is 11.7. The number of esters is 1. The quantitative estimate of drug-likeness (QED) is 0.485. The Morgan fingerprint density at radius 1 is 1.36 bits per heavy atom. The first-order valence-corrected chi connectivity index (χ1v) is 6.97. The Hall–Kier alpha value is -1.92. The molecule has 0 aliphatic rings. The summed E-state index contributed by atoms with van der Waals surface area (Å²) < 4.78 is 4.77. The van der Waals surface area contributed by atoms with Gasteiger partial charge in [0.25, 0.3) is 0 Å². The van der Waals surface area contributed by atoms with Gasteiger partial charge in [-0.2, -0.15) is 0 Å². The average molecular weight is 346 g/mol. The molecular weight excluding hydrogens is 333 g/mol. The Bertz CT molecular complexity index is 642. The summed E-state index contributed by atoms with van der Waals surface area (Å²) in [4.78, 5) is 38.1. The molecule has 1 N–H and O–H groups in total. The van der Waals surface area contributed by atoms with Crippen LogP contribution in [0.25, 0.3) is 0 Å². The highest BCUT2D eigenvalue weighted by molar-refractivity contribution is 6.38. The molecule has 6 nitrogen and oxygen atoms in total. The van der Waals surface area contributed by atoms with Gasteiger partial charge in [-0.3, -0.25) is 14.6 Å². The van der Waals surface area contributed by atoms with E-state index in [1.807, 2.05) is 0 Å². The van der Waals surface area contributed by atoms with Gasteiger partial charge in [-0.1, -0.05) is 23.2 Å². The zero-order valence-corrected chi connectivity index (χ0v) is 13.3. The van der Waals surface area contributed by atoms with Gasteiger partial charge < -0.3 is 9.84 Å². The molecule has 0 aromatic heterocycles. The number of aliphatic imine (C=N–C) groups is 1. The maximum atomic E-state index is 11.6. The van der Waals surface area contributed by atoms with E-state index in [1.165, 1.54) is 19.1 Å². The lowest BCUT2D eigenvalue weighted by atomic mass is 10.1. The maximum Gasteiger partial charge on any atom is 0.337 e. The monoisotopic (exact) mass is 345 g/mol. The Labute approximate surface area is 136 Å². The third-order valence-corrected chi connectivity index (χ3v) is 3.21. The molecule has 0 heterocycles. The van der Waals surface area contributed by atoms with E-state index >= 15 is 0 Å². The van der Waals surface area contributed by atoms with Crippen molar-refractivity contribution in [2.24, 2.45) is 10.9 Å². The Morgan fingerprint density at radius 3 is 2.50 bits per heavy atom. The van der Waals surface area contributed by atoms with Gasteiger partial charge in [0.15, 0.2) is 5.92 Å². The summed E-state index contributed by atoms with van der Waals surface area (Å²) in [5.41, 5.74) is -0.182. The highest BCUT2D eigenvalue weighted by Gasteiger charge is 2.23. The highest BCUT2D eigenvalue weighted by Crippen LogP contribution is 2.32. The average Bonchev–Trinajstić information content (AvgIpc) is 2.41. The van der Waals surface area contributed by atoms with E-state index in [0.717, 1.165) is 6.21 Å². The van der Waals surface area contributed by atoms with Gasteiger partial charge in [-0.05, 0) is 26.0 Å². The first-order valence-electron chi connectivity index (χ1n) is 6.21. The van der Waals surface area contributed by atoms with Gasteiger partial charge in [-0.15, -0.1) is 0 Å². The van der Waals surface area contributed by atoms with E-state index in [4.69, 9.17) is 33.0 Å². The Morgan fingerprint density at radius 2 is 2.00 bits per heavy atom. The summed E-state index contributed by atoms with van der Waals surface area (Å²) in [7, 11) is 0. The number of Topliss-reactive ketones (excluding diaryl/α,β-unsaturated/α-hetero) is 1. The molecule has 118 valence electrons. The minimum Gasteiger partial charge on any atom is -0.478 e. The van der Waals surface area contributed by atoms with Crippen LogP contribution in [0, 0.1) is 5.92 Å². The summed E-state index contributed by atoms with van der Waals surface area (Å²) in [5, 5.41) is 8.99. The molecule has 1 rings (SSSR count). The maximum absolute atomic E-state index is 11.6. The fourth-order valence-electron chi connectivity index (χ4n) is 1.54. The minimum atomic E-state index is -1.27. The second-order valence-electron chi connectivity index (χ2n) is 4.21. The van der Waals surface area contributed by atoms with Crippen LogP contribution < -0.4 is 0 Å². The number of ether oxygens (including phenoxy) is 1. The van der Waals surface area contributed by atoms with Crippen LogP contribution in [-0.4, -0.2) is 35.6 Å². The largest absolute Gasteiger partial charge is 0.478 e. The zero-order valence-electron chi connectivity index (χ0n) is 11.8. The van der Waals surface area contributed by atoms with Gasteiger partial charge in [0.2, 0.25) is 0 Å². The molecule has 22 heavy (non-hydrogen) atoms. The van der Waals surface area contributed by atoms with Gasteiger partial charge >= 0.3 is 11.9 Å². The minimum absolute atomic E-state index is 0.0436. The van der Waals surface area contributed by atoms with Gasteiger partial charge in [0.1, 0.15) is 5.78 Å². The molecule has 0 bridgehead atoms. The lowest BCUT2D eigenvalue weighted by Gasteiger charge is -2.08. The van der Waals surface area contributed by atoms with Crippen molar-refractivity contribution in [3.05, 3.63) is 27.7 Å². The van der Waals surface area contributed by atoms with Crippen molar-refractivity contribution in [2.75, 3.05) is 6.61 Å². The predicted octanol–water partition coefficient (Wildman–Crippen LogP) is 3.16. The molecule has 1 atom stereocenters. The predicted molar refractivity (Wildman–Crippen MR) is 82.4 cm³/mol. The fourth-order valence-corrected chi connectivity index (χ4v) is 1.99. The number of benzene rings is 1. The highest BCUT2D eigenvalue weighted by atomic mass is 35.5. The SMILES string of the molecule is CCOC(=O)C(C=Nc1cc(Cl)cc(C(=O)O)c1Cl)C(C)=O. The van der Waals surface area contributed by atoms with Crippen LogP contribution in [0.5, 0.6) is 0 Å². The molecule has 0 saturated heterocycles. The van der Waals surface area contributed by atoms with E-state index in [9.17, 15) is 14.4 Å². The van der Waals surface area contributed by atoms with Crippen LogP contribution in [0.1, 0.15) is 24.2 Å². The molecule has 0 saturated carbocycles. The van der Waals surface area contributed by atoms with Crippen LogP contribution >= 0.6 is 23.2 Å². The van der Waals surface area contributed by atoms with Crippen molar-refractivity contribution in [2.45, 2.75) is 13.8 Å². The zero-order chi connectivity index (χ0) is 16.9. The third kappa shape index (κ3) is 4.54. The van der Waals surface area contributed by atoms with E-state index in [2.05, 4.69) is 4.99 Å². The molecule has 0 spiro atoms. The first kappa shape index (κ1) is 18.1. The number of carbonyl (C=O) groups excluding carboxylic acids is 2. The first-order chi connectivity index (χ1) is 10.3. The molecule has 0 radical (unpaired) electrons. The van der Waals surface area contributed by atoms with E-state index in [1.54, 1.807) is 6.92 Å². The molecular formula is C14H13Cl2NO5. The fraction of sp³-hybridized carbons (Fsp3) is 0.286. The molecule has 1 aromatic carbocycles. The number of aromatic carboxylic acids is 1. The van der Waals surface area contributed by atoms with Crippen molar-refractivity contribution in [1.29, 1.82) is 0 Å². The summed E-state index contributed by atoms with van der Waals surface area (Å²) in [6.07, 6.45) is 1.06. The number of ketones is 1. The van der Waals surface area contributed by atoms with Crippen molar-refractivity contribution < 1.29 is 24.2 Å². The smallest absolute Gasteiger partial charge is 0.337 e. The number of halogens is 2. The molecule has 1 aromatic rings. The summed E-state index contributed by atoms with van der Waals surface area (Å²) in [5.74, 6) is -3.66. The number of carboxylic acids is 1. The van der Waals surface area contributed by atoms with Crippen LogP contribution in [0.3, 0.4) is 0 Å². The third-order valence-electron chi connectivity index (χ3n) is 2.59. The normalized spacial score (nSPS) is 12.2. The van der Waals surface area contributed by atoms with E-state index in [0.29, 0.717) is 0 Å². The van der Waals surface area contributed by atoms with Crippen LogP contribution in [0.4, 0.5) is 5.69 Å². The van der Waals surface area contributed by atoms with Crippen molar-refractivity contribution in [1.82, 2.24) is 0 Å². The summed E-state index contributed by atoms with van der Waals surface area (Å²) in [6.45, 7) is 2.95. The van der Waals surface area contributed by atoms with Gasteiger partial charge in [0, 0.05) is 11.2 Å². The van der Waals surface area contributed by atoms with E-state index < -0.39 is 23.6 Å². The molecule has 1 unspecified atom stereocenters. The van der Waals surface area contributed by atoms with Crippen molar-refractivity contribution >= 4 is 52.8 Å². The van der Waals surface area contributed by atoms with Gasteiger partial charge in [-0.25, -0.2) is 4.79 Å². The molecule has 0 aliphatic heterocycles. The second kappa shape index (κ2) is 7.91. The second-order valence-corrected chi connectivity index (χ2v) is 5.02. The van der Waals surface area contributed by atoms with E-state index in [-0.39, 0.29) is 27.9 Å². The molecule has 0 fully saturated rings. The van der Waals surface area contributed by atoms with Crippen molar-refractivity contribution in [3.63, 3.8) is 0 Å². The topological polar surface area (TPSA) is 93.0 Å². The van der Waals surface area contributed by atoms with Crippen molar-refractivity contribution in [3.8, 4) is 0 Å². The van der Waals surface area contributed by atoms with Crippen LogP contribution in [0.2, 0.25) is 10.0 Å². The molecule has 0 aliphatic carbocycles. The van der Waals surface area contributed by atoms with Gasteiger partial charge in [0.05, 0.1) is 22.9 Å². The Balaban J connectivity index is 3.18. The van der Waals surface area contributed by atoms with Crippen LogP contribution in [0.15, 0.2) is 17.1 Å². The molecule has 0 amide bonds. The molecule has 8 heteroatoms. The number of rotatable bonds is 6.